The predicted molar refractivity (Wildman–Crippen MR) is 68.7 cm³/mol. The highest BCUT2D eigenvalue weighted by molar-refractivity contribution is 5.94. The van der Waals surface area contributed by atoms with Crippen molar-refractivity contribution >= 4 is 17.6 Å². The van der Waals surface area contributed by atoms with Crippen molar-refractivity contribution in [3.63, 3.8) is 0 Å². The Morgan fingerprint density at radius 3 is 2.61 bits per heavy atom. The second kappa shape index (κ2) is 6.09. The first-order valence-electron chi connectivity index (χ1n) is 5.72. The Bertz CT molecular complexity index is 459. The van der Waals surface area contributed by atoms with Gasteiger partial charge in [0.2, 0.25) is 11.9 Å². The number of carbonyl (C=O) groups excluding carboxylic acids is 2. The summed E-state index contributed by atoms with van der Waals surface area (Å²) in [5.74, 6) is 0.437. The number of carbonyl (C=O) groups is 2. The van der Waals surface area contributed by atoms with E-state index in [0.717, 1.165) is 0 Å². The van der Waals surface area contributed by atoms with Gasteiger partial charge in [0, 0.05) is 33.3 Å². The van der Waals surface area contributed by atoms with Crippen molar-refractivity contribution in [3.05, 3.63) is 17.5 Å². The van der Waals surface area contributed by atoms with E-state index in [2.05, 4.69) is 15.3 Å². The van der Waals surface area contributed by atoms with E-state index in [0.29, 0.717) is 30.2 Å². The molecular formula is C12H18N4O2. The molecule has 1 heterocycles. The summed E-state index contributed by atoms with van der Waals surface area (Å²) >= 11 is 0. The smallest absolute Gasteiger partial charge is 0.225 e. The second-order valence-corrected chi connectivity index (χ2v) is 4.07. The van der Waals surface area contributed by atoms with E-state index < -0.39 is 0 Å². The van der Waals surface area contributed by atoms with Crippen LogP contribution in [0, 0.1) is 6.92 Å². The SMILES string of the molecule is CNC(=O)CCN(C)c1ncc(C(C)=O)c(C)n1. The number of nitrogens with one attached hydrogen (secondary N) is 1. The van der Waals surface area contributed by atoms with Crippen molar-refractivity contribution in [3.8, 4) is 0 Å². The molecule has 1 amide bonds. The van der Waals surface area contributed by atoms with Crippen LogP contribution in [0.3, 0.4) is 0 Å². The molecular weight excluding hydrogens is 232 g/mol. The first-order valence-corrected chi connectivity index (χ1v) is 5.72. The van der Waals surface area contributed by atoms with Crippen LogP contribution in [0.5, 0.6) is 0 Å². The summed E-state index contributed by atoms with van der Waals surface area (Å²) in [6.07, 6.45) is 1.90. The lowest BCUT2D eigenvalue weighted by Gasteiger charge is -2.17. The Kier molecular flexibility index (Phi) is 4.76. The van der Waals surface area contributed by atoms with E-state index in [4.69, 9.17) is 0 Å². The summed E-state index contributed by atoms with van der Waals surface area (Å²) < 4.78 is 0. The second-order valence-electron chi connectivity index (χ2n) is 4.07. The lowest BCUT2D eigenvalue weighted by Crippen LogP contribution is -2.27. The molecule has 0 atom stereocenters. The van der Waals surface area contributed by atoms with Gasteiger partial charge in [-0.3, -0.25) is 9.59 Å². The predicted octanol–water partition coefficient (Wildman–Crippen LogP) is 0.560. The van der Waals surface area contributed by atoms with Gasteiger partial charge in [0.15, 0.2) is 5.78 Å². The molecule has 0 aliphatic carbocycles. The lowest BCUT2D eigenvalue weighted by molar-refractivity contribution is -0.120. The van der Waals surface area contributed by atoms with Gasteiger partial charge < -0.3 is 10.2 Å². The fourth-order valence-electron chi connectivity index (χ4n) is 1.48. The largest absolute Gasteiger partial charge is 0.359 e. The fourth-order valence-corrected chi connectivity index (χ4v) is 1.48. The van der Waals surface area contributed by atoms with Gasteiger partial charge in [-0.05, 0) is 13.8 Å². The zero-order valence-corrected chi connectivity index (χ0v) is 11.1. The van der Waals surface area contributed by atoms with Crippen molar-refractivity contribution in [2.45, 2.75) is 20.3 Å². The van der Waals surface area contributed by atoms with Gasteiger partial charge in [-0.1, -0.05) is 0 Å². The normalized spacial score (nSPS) is 10.0. The van der Waals surface area contributed by atoms with Gasteiger partial charge in [-0.15, -0.1) is 0 Å². The number of rotatable bonds is 5. The molecule has 1 N–H and O–H groups in total. The molecule has 0 aliphatic heterocycles. The van der Waals surface area contributed by atoms with Crippen LogP contribution < -0.4 is 10.2 Å². The lowest BCUT2D eigenvalue weighted by atomic mass is 10.2. The van der Waals surface area contributed by atoms with Crippen LogP contribution in [0.4, 0.5) is 5.95 Å². The van der Waals surface area contributed by atoms with E-state index in [9.17, 15) is 9.59 Å². The third-order valence-electron chi connectivity index (χ3n) is 2.64. The standard InChI is InChI=1S/C12H18N4O2/c1-8-10(9(2)17)7-14-12(15-8)16(4)6-5-11(18)13-3/h7H,5-6H2,1-4H3,(H,13,18). The Labute approximate surface area is 106 Å². The van der Waals surface area contributed by atoms with E-state index in [1.165, 1.54) is 13.1 Å². The highest BCUT2D eigenvalue weighted by Crippen LogP contribution is 2.10. The maximum Gasteiger partial charge on any atom is 0.225 e. The summed E-state index contributed by atoms with van der Waals surface area (Å²) in [6.45, 7) is 3.79. The molecule has 0 unspecified atom stereocenters. The Morgan fingerprint density at radius 1 is 1.44 bits per heavy atom. The number of aromatic nitrogens is 2. The van der Waals surface area contributed by atoms with Gasteiger partial charge in [0.05, 0.1) is 11.3 Å². The van der Waals surface area contributed by atoms with Crippen LogP contribution in [-0.4, -0.2) is 42.3 Å². The van der Waals surface area contributed by atoms with Crippen LogP contribution in [0.15, 0.2) is 6.20 Å². The molecule has 18 heavy (non-hydrogen) atoms. The van der Waals surface area contributed by atoms with Crippen LogP contribution in [0.1, 0.15) is 29.4 Å². The third-order valence-corrected chi connectivity index (χ3v) is 2.64. The van der Waals surface area contributed by atoms with Crippen molar-refractivity contribution in [1.29, 1.82) is 0 Å². The molecule has 0 spiro atoms. The Hall–Kier alpha value is -1.98. The zero-order valence-electron chi connectivity index (χ0n) is 11.1. The highest BCUT2D eigenvalue weighted by Gasteiger charge is 2.11. The Morgan fingerprint density at radius 2 is 2.11 bits per heavy atom. The zero-order chi connectivity index (χ0) is 13.7. The van der Waals surface area contributed by atoms with E-state index >= 15 is 0 Å². The molecule has 1 aromatic rings. The fraction of sp³-hybridized carbons (Fsp3) is 0.500. The van der Waals surface area contributed by atoms with Gasteiger partial charge in [0.25, 0.3) is 0 Å². The van der Waals surface area contributed by atoms with Gasteiger partial charge >= 0.3 is 0 Å². The number of ketones is 1. The number of hydrogen-bond acceptors (Lipinski definition) is 5. The van der Waals surface area contributed by atoms with Crippen LogP contribution in [0.25, 0.3) is 0 Å². The average Bonchev–Trinajstić information content (AvgIpc) is 2.34. The molecule has 0 radical (unpaired) electrons. The maximum absolute atomic E-state index is 11.3. The number of nitrogens with zero attached hydrogens (tertiary/aromatic N) is 3. The topological polar surface area (TPSA) is 75.2 Å². The van der Waals surface area contributed by atoms with Gasteiger partial charge in [-0.2, -0.15) is 0 Å². The molecule has 6 heteroatoms. The third kappa shape index (κ3) is 3.51. The van der Waals surface area contributed by atoms with Crippen molar-refractivity contribution < 1.29 is 9.59 Å². The molecule has 1 aromatic heterocycles. The van der Waals surface area contributed by atoms with Gasteiger partial charge in [-0.25, -0.2) is 9.97 Å². The molecule has 0 saturated carbocycles. The number of anilines is 1. The highest BCUT2D eigenvalue weighted by atomic mass is 16.1. The monoisotopic (exact) mass is 250 g/mol. The quantitative estimate of drug-likeness (QED) is 0.773. The molecule has 0 bridgehead atoms. The number of hydrogen-bond donors (Lipinski definition) is 1. The summed E-state index contributed by atoms with van der Waals surface area (Å²) in [5, 5.41) is 2.56. The molecule has 1 rings (SSSR count). The summed E-state index contributed by atoms with van der Waals surface area (Å²) in [6, 6.07) is 0. The van der Waals surface area contributed by atoms with E-state index in [-0.39, 0.29) is 11.7 Å². The van der Waals surface area contributed by atoms with Crippen molar-refractivity contribution in [2.24, 2.45) is 0 Å². The molecule has 0 saturated heterocycles. The first kappa shape index (κ1) is 14.1. The summed E-state index contributed by atoms with van der Waals surface area (Å²) in [7, 11) is 3.41. The van der Waals surface area contributed by atoms with Crippen LogP contribution >= 0.6 is 0 Å². The van der Waals surface area contributed by atoms with Crippen molar-refractivity contribution in [2.75, 3.05) is 25.5 Å². The summed E-state index contributed by atoms with van der Waals surface area (Å²) in [4.78, 5) is 32.6. The molecule has 98 valence electrons. The minimum absolute atomic E-state index is 0.0288. The van der Waals surface area contributed by atoms with Crippen LogP contribution in [-0.2, 0) is 4.79 Å². The number of aryl methyl sites for hydroxylation is 1. The molecule has 6 nitrogen and oxygen atoms in total. The Balaban J connectivity index is 2.75. The van der Waals surface area contributed by atoms with E-state index in [1.54, 1.807) is 18.9 Å². The summed E-state index contributed by atoms with van der Waals surface area (Å²) in [5.41, 5.74) is 1.18. The van der Waals surface area contributed by atoms with Crippen molar-refractivity contribution in [1.82, 2.24) is 15.3 Å². The minimum Gasteiger partial charge on any atom is -0.359 e. The molecule has 0 aromatic carbocycles. The van der Waals surface area contributed by atoms with Gasteiger partial charge in [0.1, 0.15) is 0 Å². The maximum atomic E-state index is 11.3. The first-order chi connectivity index (χ1) is 8.45. The molecule has 0 aliphatic rings. The van der Waals surface area contributed by atoms with Crippen LogP contribution in [0.2, 0.25) is 0 Å². The minimum atomic E-state index is -0.0490. The molecule has 0 fully saturated rings. The average molecular weight is 250 g/mol. The number of Topliss-reactive ketones (excluding diaryl/α,β-unsaturated/α-hetero) is 1. The van der Waals surface area contributed by atoms with E-state index in [1.807, 2.05) is 7.05 Å². The number of amides is 1.